The number of nitrogens with zero attached hydrogens (tertiary/aromatic N) is 2. The van der Waals surface area contributed by atoms with Gasteiger partial charge in [0, 0.05) is 17.7 Å². The molecule has 0 amide bonds. The van der Waals surface area contributed by atoms with Gasteiger partial charge in [0.1, 0.15) is 38.2 Å². The number of rotatable bonds is 30. The van der Waals surface area contributed by atoms with Gasteiger partial charge in [-0.2, -0.15) is 4.99 Å². The van der Waals surface area contributed by atoms with E-state index >= 15 is 0 Å². The van der Waals surface area contributed by atoms with Crippen LogP contribution in [0.3, 0.4) is 0 Å². The van der Waals surface area contributed by atoms with Gasteiger partial charge in [0.2, 0.25) is 0 Å². The number of thiazole rings is 1. The summed E-state index contributed by atoms with van der Waals surface area (Å²) in [7, 11) is 0. The lowest BCUT2D eigenvalue weighted by molar-refractivity contribution is -0.141. The lowest BCUT2D eigenvalue weighted by atomic mass is 9.82. The maximum absolute atomic E-state index is 13.8. The summed E-state index contributed by atoms with van der Waals surface area (Å²) in [6.07, 6.45) is 15.7. The normalized spacial score (nSPS) is 17.1. The van der Waals surface area contributed by atoms with Crippen molar-refractivity contribution in [1.82, 2.24) is 4.98 Å². The molecule has 14 nitrogen and oxygen atoms in total. The third kappa shape index (κ3) is 18.2. The second-order valence-corrected chi connectivity index (χ2v) is 20.3. The Balaban J connectivity index is 0.853. The van der Waals surface area contributed by atoms with Crippen LogP contribution in [0.25, 0.3) is 20.8 Å². The van der Waals surface area contributed by atoms with Gasteiger partial charge in [0.05, 0.1) is 62.3 Å². The van der Waals surface area contributed by atoms with Gasteiger partial charge in [0.25, 0.3) is 0 Å². The van der Waals surface area contributed by atoms with Crippen LogP contribution in [0, 0.1) is 23.7 Å². The molecule has 0 aliphatic heterocycles. The van der Waals surface area contributed by atoms with E-state index in [2.05, 4.69) is 23.3 Å². The summed E-state index contributed by atoms with van der Waals surface area (Å²) in [6, 6.07) is 26.1. The lowest BCUT2D eigenvalue weighted by Crippen LogP contribution is -2.28. The number of carbonyl (C=O) groups excluding carboxylic acids is 4. The number of carbonyl (C=O) groups is 4. The minimum Gasteiger partial charge on any atom is -0.494 e. The molecule has 4 aromatic carbocycles. The number of hydrogen-bond donors (Lipinski definition) is 0. The average Bonchev–Trinajstić information content (AvgIpc) is 3.92. The minimum atomic E-state index is -0.389. The highest BCUT2D eigenvalue weighted by Crippen LogP contribution is 2.43. The summed E-state index contributed by atoms with van der Waals surface area (Å²) in [5, 5.41) is 3.06. The van der Waals surface area contributed by atoms with E-state index in [1.54, 1.807) is 12.1 Å². The summed E-state index contributed by atoms with van der Waals surface area (Å²) < 4.78 is 47.0. The van der Waals surface area contributed by atoms with Crippen LogP contribution < -0.4 is 28.4 Å². The van der Waals surface area contributed by atoms with Crippen molar-refractivity contribution in [3.63, 3.8) is 0 Å². The second kappa shape index (κ2) is 30.6. The number of thiocarbonyl (C=S) groups is 1. The molecule has 16 heteroatoms. The Bertz CT molecular complexity index is 2570. The monoisotopic (exact) mass is 1070 g/mol. The van der Waals surface area contributed by atoms with Crippen LogP contribution in [0.15, 0.2) is 115 Å². The first-order valence-corrected chi connectivity index (χ1v) is 27.7. The minimum absolute atomic E-state index is 0.265. The smallest absolute Gasteiger partial charge is 0.330 e. The van der Waals surface area contributed by atoms with E-state index in [0.717, 1.165) is 106 Å². The molecule has 402 valence electrons. The fourth-order valence-electron chi connectivity index (χ4n) is 9.14. The lowest BCUT2D eigenvalue weighted by Gasteiger charge is -2.27. The second-order valence-electron chi connectivity index (χ2n) is 19.1. The zero-order valence-electron chi connectivity index (χ0n) is 43.1. The summed E-state index contributed by atoms with van der Waals surface area (Å²) >= 11 is 6.15. The Morgan fingerprint density at radius 3 is 1.42 bits per heavy atom. The van der Waals surface area contributed by atoms with Gasteiger partial charge in [-0.25, -0.2) is 14.6 Å². The number of aliphatic imine (C=N–C) groups is 1. The van der Waals surface area contributed by atoms with Crippen LogP contribution >= 0.6 is 23.6 Å². The highest BCUT2D eigenvalue weighted by Gasteiger charge is 2.31. The van der Waals surface area contributed by atoms with E-state index in [0.29, 0.717) is 110 Å². The molecule has 2 fully saturated rings. The van der Waals surface area contributed by atoms with Crippen LogP contribution in [-0.4, -0.2) is 73.7 Å². The van der Waals surface area contributed by atoms with Crippen LogP contribution in [0.1, 0.15) is 103 Å². The van der Waals surface area contributed by atoms with Gasteiger partial charge in [-0.05, 0) is 212 Å². The van der Waals surface area contributed by atoms with Crippen molar-refractivity contribution in [2.75, 3.05) is 39.6 Å². The number of benzene rings is 4. The third-order valence-corrected chi connectivity index (χ3v) is 14.8. The highest BCUT2D eigenvalue weighted by atomic mass is 32.1. The summed E-state index contributed by atoms with van der Waals surface area (Å²) in [4.78, 5) is 58.8. The first kappa shape index (κ1) is 56.8. The SMILES string of the molecule is C=CC(=O)OCCCCCCOc1ccc(OCC2CCC(C(=O)Oc3ccc(OC(=O)C4CCC(COc5ccc(OCCCCCCOC(=O)C=C)cc5)CC4)c4sc(-c5ccc(N=C=S)cc5)nc34)CC2)cc1. The number of esters is 4. The standard InChI is InChI=1S/C60H68N2O12S2/c1-3-54(63)69-37-11-7-5-9-35-67-48-25-29-50(30-26-48)71-39-42-13-17-45(18-14-42)59(65)73-52-33-34-53(57-56(52)62-58(76-57)44-21-23-47(24-22-44)61-41-75)74-60(66)46-19-15-43(16-20-46)40-72-51-31-27-49(28-32-51)68-36-10-6-8-12-38-70-55(64)4-2/h3-4,21-34,42-43,45-46H,1-2,5-20,35-40H2. The molecule has 1 aromatic heterocycles. The molecule has 76 heavy (non-hydrogen) atoms. The van der Waals surface area contributed by atoms with E-state index < -0.39 is 0 Å². The Kier molecular flexibility index (Phi) is 22.9. The number of ether oxygens (including phenoxy) is 8. The molecule has 7 rings (SSSR count). The predicted octanol–water partition coefficient (Wildman–Crippen LogP) is 13.6. The number of fused-ring (bicyclic) bond motifs is 1. The van der Waals surface area contributed by atoms with Crippen LogP contribution in [-0.2, 0) is 28.7 Å². The topological polar surface area (TPSA) is 167 Å². The number of unbranched alkanes of at least 4 members (excludes halogenated alkanes) is 6. The van der Waals surface area contributed by atoms with Crippen LogP contribution in [0.5, 0.6) is 34.5 Å². The molecular weight excluding hydrogens is 1000 g/mol. The van der Waals surface area contributed by atoms with Crippen molar-refractivity contribution in [3.05, 3.63) is 110 Å². The van der Waals surface area contributed by atoms with E-state index in [4.69, 9.17) is 55.1 Å². The Hall–Kier alpha value is -6.87. The summed E-state index contributed by atoms with van der Waals surface area (Å²) in [6.45, 7) is 9.93. The van der Waals surface area contributed by atoms with Crippen molar-refractivity contribution in [2.24, 2.45) is 28.7 Å². The Morgan fingerprint density at radius 2 is 0.974 bits per heavy atom. The molecule has 0 bridgehead atoms. The van der Waals surface area contributed by atoms with Gasteiger partial charge >= 0.3 is 23.9 Å². The van der Waals surface area contributed by atoms with E-state index in [1.165, 1.54) is 23.5 Å². The van der Waals surface area contributed by atoms with E-state index in [9.17, 15) is 19.2 Å². The molecule has 0 saturated heterocycles. The summed E-state index contributed by atoms with van der Waals surface area (Å²) in [5.41, 5.74) is 1.94. The molecule has 2 aliphatic carbocycles. The number of isothiocyanates is 1. The fraction of sp³-hybridized carbons (Fsp3) is 0.433. The maximum Gasteiger partial charge on any atom is 0.330 e. The van der Waals surface area contributed by atoms with E-state index in [-0.39, 0.29) is 35.7 Å². The Labute approximate surface area is 454 Å². The van der Waals surface area contributed by atoms with Gasteiger partial charge in [-0.3, -0.25) is 9.59 Å². The number of aromatic nitrogens is 1. The molecule has 2 aliphatic rings. The van der Waals surface area contributed by atoms with Crippen LogP contribution in [0.4, 0.5) is 5.69 Å². The third-order valence-electron chi connectivity index (χ3n) is 13.6. The highest BCUT2D eigenvalue weighted by molar-refractivity contribution is 7.78. The van der Waals surface area contributed by atoms with E-state index in [1.807, 2.05) is 72.8 Å². The fourth-order valence-corrected chi connectivity index (χ4v) is 10.3. The largest absolute Gasteiger partial charge is 0.494 e. The van der Waals surface area contributed by atoms with Gasteiger partial charge in [0.15, 0.2) is 11.5 Å². The van der Waals surface area contributed by atoms with Crippen molar-refractivity contribution in [2.45, 2.75) is 103 Å². The van der Waals surface area contributed by atoms with Crippen molar-refractivity contribution in [1.29, 1.82) is 0 Å². The summed E-state index contributed by atoms with van der Waals surface area (Å²) in [5.74, 6) is 2.51. The molecule has 0 N–H and O–H groups in total. The van der Waals surface area contributed by atoms with Gasteiger partial charge in [-0.1, -0.05) is 13.2 Å². The molecule has 0 spiro atoms. The van der Waals surface area contributed by atoms with Crippen LogP contribution in [0.2, 0.25) is 0 Å². The van der Waals surface area contributed by atoms with Gasteiger partial charge < -0.3 is 37.9 Å². The molecule has 1 heterocycles. The number of hydrogen-bond acceptors (Lipinski definition) is 16. The maximum atomic E-state index is 13.8. The first-order valence-electron chi connectivity index (χ1n) is 26.5. The predicted molar refractivity (Wildman–Crippen MR) is 296 cm³/mol. The van der Waals surface area contributed by atoms with Crippen molar-refractivity contribution >= 4 is 68.5 Å². The molecule has 5 aromatic rings. The molecule has 0 radical (unpaired) electrons. The van der Waals surface area contributed by atoms with Crippen molar-refractivity contribution < 1.29 is 57.1 Å². The van der Waals surface area contributed by atoms with Gasteiger partial charge in [-0.15, -0.1) is 11.3 Å². The molecule has 2 saturated carbocycles. The zero-order chi connectivity index (χ0) is 53.3. The first-order chi connectivity index (χ1) is 37.2. The quantitative estimate of drug-likeness (QED) is 0.0106. The molecule has 0 atom stereocenters. The Morgan fingerprint density at radius 1 is 0.553 bits per heavy atom. The zero-order valence-corrected chi connectivity index (χ0v) is 44.8. The average molecular weight is 1070 g/mol. The molecule has 0 unspecified atom stereocenters. The van der Waals surface area contributed by atoms with Crippen molar-refractivity contribution in [3.8, 4) is 45.1 Å². The molecular formula is C60H68N2O12S2.